The molecule has 0 aromatic heterocycles. The van der Waals surface area contributed by atoms with Gasteiger partial charge in [0, 0.05) is 12.6 Å². The maximum absolute atomic E-state index is 11.5. The highest BCUT2D eigenvalue weighted by Gasteiger charge is 2.21. The van der Waals surface area contributed by atoms with Crippen molar-refractivity contribution in [3.8, 4) is 0 Å². The Kier molecular flexibility index (Phi) is 6.52. The van der Waals surface area contributed by atoms with E-state index in [4.69, 9.17) is 9.47 Å². The Bertz CT molecular complexity index is 225. The molecule has 100 valence electrons. The molecule has 1 rings (SSSR count). The maximum atomic E-state index is 11.5. The highest BCUT2D eigenvalue weighted by molar-refractivity contribution is 5.75. The minimum Gasteiger partial charge on any atom is -0.468 e. The van der Waals surface area contributed by atoms with E-state index in [0.717, 1.165) is 0 Å². The van der Waals surface area contributed by atoms with Crippen LogP contribution in [0.4, 0.5) is 0 Å². The van der Waals surface area contributed by atoms with Crippen LogP contribution in [0.5, 0.6) is 0 Å². The van der Waals surface area contributed by atoms with Crippen molar-refractivity contribution >= 4 is 5.97 Å². The van der Waals surface area contributed by atoms with Gasteiger partial charge < -0.3 is 14.8 Å². The average Bonchev–Trinajstić information content (AvgIpc) is 2.79. The summed E-state index contributed by atoms with van der Waals surface area (Å²) in [5.41, 5.74) is 0. The van der Waals surface area contributed by atoms with Crippen LogP contribution in [0, 0.1) is 0 Å². The van der Waals surface area contributed by atoms with E-state index in [1.54, 1.807) is 0 Å². The van der Waals surface area contributed by atoms with Crippen molar-refractivity contribution in [2.75, 3.05) is 13.7 Å². The average molecular weight is 243 g/mol. The van der Waals surface area contributed by atoms with Crippen molar-refractivity contribution in [2.24, 2.45) is 0 Å². The van der Waals surface area contributed by atoms with Gasteiger partial charge in [-0.15, -0.1) is 0 Å². The smallest absolute Gasteiger partial charge is 0.322 e. The van der Waals surface area contributed by atoms with Gasteiger partial charge in [-0.25, -0.2) is 0 Å². The van der Waals surface area contributed by atoms with E-state index in [0.29, 0.717) is 19.1 Å². The molecule has 1 aliphatic rings. The van der Waals surface area contributed by atoms with Crippen LogP contribution in [-0.2, 0) is 14.3 Å². The number of methoxy groups -OCH3 is 1. The molecule has 1 aliphatic carbocycles. The van der Waals surface area contributed by atoms with Crippen molar-refractivity contribution in [1.29, 1.82) is 0 Å². The number of rotatable bonds is 7. The zero-order chi connectivity index (χ0) is 12.7. The van der Waals surface area contributed by atoms with E-state index in [1.807, 2.05) is 13.8 Å². The normalized spacial score (nSPS) is 18.6. The lowest BCUT2D eigenvalue weighted by molar-refractivity contribution is -0.144. The molecule has 0 radical (unpaired) electrons. The van der Waals surface area contributed by atoms with E-state index < -0.39 is 0 Å². The minimum absolute atomic E-state index is 0.200. The predicted molar refractivity (Wildman–Crippen MR) is 66.9 cm³/mol. The van der Waals surface area contributed by atoms with Crippen LogP contribution in [0.1, 0.15) is 46.0 Å². The van der Waals surface area contributed by atoms with E-state index in [1.165, 1.54) is 32.8 Å². The molecule has 17 heavy (non-hydrogen) atoms. The van der Waals surface area contributed by atoms with Crippen molar-refractivity contribution < 1.29 is 14.3 Å². The molecule has 1 fully saturated rings. The van der Waals surface area contributed by atoms with Crippen LogP contribution in [0.25, 0.3) is 0 Å². The lowest BCUT2D eigenvalue weighted by Gasteiger charge is -2.20. The molecular formula is C13H25NO3. The second-order valence-electron chi connectivity index (χ2n) is 4.96. The summed E-state index contributed by atoms with van der Waals surface area (Å²) < 4.78 is 10.5. The molecule has 0 aliphatic heterocycles. The topological polar surface area (TPSA) is 47.6 Å². The summed E-state index contributed by atoms with van der Waals surface area (Å²) >= 11 is 0. The predicted octanol–water partition coefficient (Wildman–Crippen LogP) is 1.88. The Labute approximate surface area is 104 Å². The summed E-state index contributed by atoms with van der Waals surface area (Å²) in [5, 5.41) is 3.20. The summed E-state index contributed by atoms with van der Waals surface area (Å²) in [6.45, 7) is 4.67. The quantitative estimate of drug-likeness (QED) is 0.694. The Balaban J connectivity index is 2.24. The van der Waals surface area contributed by atoms with Crippen LogP contribution in [0.15, 0.2) is 0 Å². The summed E-state index contributed by atoms with van der Waals surface area (Å²) in [7, 11) is 1.43. The van der Waals surface area contributed by atoms with Gasteiger partial charge >= 0.3 is 5.97 Å². The second kappa shape index (κ2) is 7.67. The van der Waals surface area contributed by atoms with Gasteiger partial charge in [-0.05, 0) is 19.3 Å². The van der Waals surface area contributed by atoms with Gasteiger partial charge in [-0.2, -0.15) is 0 Å². The molecule has 0 saturated heterocycles. The lowest BCUT2D eigenvalue weighted by Crippen LogP contribution is -2.42. The van der Waals surface area contributed by atoms with E-state index in [-0.39, 0.29) is 18.1 Å². The van der Waals surface area contributed by atoms with Crippen LogP contribution in [0.2, 0.25) is 0 Å². The number of esters is 1. The lowest BCUT2D eigenvalue weighted by atomic mass is 10.2. The standard InChI is InChI=1S/C13H25NO3/c1-10(2)14-12(13(15)16-3)8-9-17-11-6-4-5-7-11/h10-12,14H,4-9H2,1-3H3. The molecule has 0 aromatic rings. The molecule has 4 heteroatoms. The van der Waals surface area contributed by atoms with Crippen LogP contribution in [0.3, 0.4) is 0 Å². The number of carbonyl (C=O) groups is 1. The van der Waals surface area contributed by atoms with Gasteiger partial charge in [0.15, 0.2) is 0 Å². The van der Waals surface area contributed by atoms with Gasteiger partial charge in [0.25, 0.3) is 0 Å². The summed E-state index contributed by atoms with van der Waals surface area (Å²) in [6.07, 6.45) is 5.97. The molecular weight excluding hydrogens is 218 g/mol. The fraction of sp³-hybridized carbons (Fsp3) is 0.923. The maximum Gasteiger partial charge on any atom is 0.322 e. The van der Waals surface area contributed by atoms with Gasteiger partial charge in [0.1, 0.15) is 6.04 Å². The molecule has 1 saturated carbocycles. The first-order valence-electron chi connectivity index (χ1n) is 6.59. The first kappa shape index (κ1) is 14.5. The zero-order valence-corrected chi connectivity index (χ0v) is 11.2. The highest BCUT2D eigenvalue weighted by atomic mass is 16.5. The van der Waals surface area contributed by atoms with Crippen molar-refractivity contribution in [2.45, 2.75) is 64.1 Å². The number of hydrogen-bond acceptors (Lipinski definition) is 4. The third-order valence-corrected chi connectivity index (χ3v) is 3.08. The number of ether oxygens (including phenoxy) is 2. The highest BCUT2D eigenvalue weighted by Crippen LogP contribution is 2.21. The van der Waals surface area contributed by atoms with E-state index in [2.05, 4.69) is 5.32 Å². The van der Waals surface area contributed by atoms with Crippen molar-refractivity contribution in [3.63, 3.8) is 0 Å². The van der Waals surface area contributed by atoms with E-state index in [9.17, 15) is 4.79 Å². The molecule has 1 unspecified atom stereocenters. The summed E-state index contributed by atoms with van der Waals surface area (Å²) in [5.74, 6) is -0.200. The number of hydrogen-bond donors (Lipinski definition) is 1. The molecule has 0 heterocycles. The van der Waals surface area contributed by atoms with Gasteiger partial charge in [-0.1, -0.05) is 26.7 Å². The fourth-order valence-electron chi connectivity index (χ4n) is 2.22. The summed E-state index contributed by atoms with van der Waals surface area (Å²) in [6, 6.07) is 0.0204. The van der Waals surface area contributed by atoms with Crippen molar-refractivity contribution in [1.82, 2.24) is 5.32 Å². The Morgan fingerprint density at radius 3 is 2.53 bits per heavy atom. The van der Waals surface area contributed by atoms with E-state index >= 15 is 0 Å². The summed E-state index contributed by atoms with van der Waals surface area (Å²) in [4.78, 5) is 11.5. The first-order valence-corrected chi connectivity index (χ1v) is 6.59. The number of nitrogens with one attached hydrogen (secondary N) is 1. The number of carbonyl (C=O) groups excluding carboxylic acids is 1. The largest absolute Gasteiger partial charge is 0.468 e. The van der Waals surface area contributed by atoms with Crippen LogP contribution in [-0.4, -0.2) is 37.9 Å². The molecule has 0 spiro atoms. The molecule has 1 atom stereocenters. The van der Waals surface area contributed by atoms with Gasteiger partial charge in [-0.3, -0.25) is 4.79 Å². The van der Waals surface area contributed by atoms with Crippen LogP contribution < -0.4 is 5.32 Å². The molecule has 0 aromatic carbocycles. The first-order chi connectivity index (χ1) is 8.13. The minimum atomic E-state index is -0.249. The fourth-order valence-corrected chi connectivity index (χ4v) is 2.22. The molecule has 0 amide bonds. The van der Waals surface area contributed by atoms with Crippen LogP contribution >= 0.6 is 0 Å². The molecule has 4 nitrogen and oxygen atoms in total. The van der Waals surface area contributed by atoms with Gasteiger partial charge in [0.2, 0.25) is 0 Å². The monoisotopic (exact) mass is 243 g/mol. The molecule has 1 N–H and O–H groups in total. The second-order valence-corrected chi connectivity index (χ2v) is 4.96. The SMILES string of the molecule is COC(=O)C(CCOC1CCCC1)NC(C)C. The van der Waals surface area contributed by atoms with Gasteiger partial charge in [0.05, 0.1) is 13.2 Å². The zero-order valence-electron chi connectivity index (χ0n) is 11.2. The van der Waals surface area contributed by atoms with Crippen molar-refractivity contribution in [3.05, 3.63) is 0 Å². The third-order valence-electron chi connectivity index (χ3n) is 3.08. The Morgan fingerprint density at radius 2 is 2.00 bits per heavy atom. The Morgan fingerprint density at radius 1 is 1.35 bits per heavy atom. The molecule has 0 bridgehead atoms. The Hall–Kier alpha value is -0.610. The third kappa shape index (κ3) is 5.50.